The molecule has 8 atom stereocenters. The second-order valence-corrected chi connectivity index (χ2v) is 17.3. The highest BCUT2D eigenvalue weighted by atomic mass is 31.2. The molecule has 0 bridgehead atoms. The average Bonchev–Trinajstić information content (AvgIpc) is 3.20. The molecule has 11 N–H and O–H groups in total. The van der Waals surface area contributed by atoms with E-state index in [2.05, 4.69) is 92.9 Å². The van der Waals surface area contributed by atoms with Crippen molar-refractivity contribution in [3.63, 3.8) is 0 Å². The number of aliphatic hydroxyl groups excluding tert-OH is 3. The van der Waals surface area contributed by atoms with E-state index >= 15 is 0 Å². The third-order valence-electron chi connectivity index (χ3n) is 8.38. The molecule has 0 aromatic heterocycles. The summed E-state index contributed by atoms with van der Waals surface area (Å²) in [5.74, 6) is 31.2. The lowest BCUT2D eigenvalue weighted by Gasteiger charge is -2.44. The van der Waals surface area contributed by atoms with Crippen LogP contribution >= 0.6 is 23.5 Å². The van der Waals surface area contributed by atoms with Crippen LogP contribution in [0.3, 0.4) is 0 Å². The molecule has 1 saturated carbocycles. The van der Waals surface area contributed by atoms with Gasteiger partial charge in [0.1, 0.15) is 43.2 Å². The van der Waals surface area contributed by atoms with Crippen LogP contribution in [0.15, 0.2) is 0 Å². The Bertz CT molecular complexity index is 2130. The number of carbonyl (C=O) groups is 2. The summed E-state index contributed by atoms with van der Waals surface area (Å²) in [5, 5.41) is 31.7. The van der Waals surface area contributed by atoms with Gasteiger partial charge in [-0.2, -0.15) is 0 Å². The van der Waals surface area contributed by atoms with Gasteiger partial charge >= 0.3 is 35.4 Å². The van der Waals surface area contributed by atoms with Gasteiger partial charge in [0, 0.05) is 30.9 Å². The van der Waals surface area contributed by atoms with Crippen molar-refractivity contribution in [2.24, 2.45) is 0 Å². The van der Waals surface area contributed by atoms with Crippen LogP contribution in [-0.4, -0.2) is 108 Å². The lowest BCUT2D eigenvalue weighted by Crippen LogP contribution is -2.65. The molecule has 0 aromatic rings. The summed E-state index contributed by atoms with van der Waals surface area (Å²) in [4.78, 5) is 72.4. The average molecular weight is 986 g/mol. The summed E-state index contributed by atoms with van der Waals surface area (Å²) in [6, 6.07) is 0. The molecule has 1 rings (SSSR count). The Hall–Kier alpha value is -3.97. The van der Waals surface area contributed by atoms with Crippen molar-refractivity contribution in [3.8, 4) is 82.9 Å². The van der Waals surface area contributed by atoms with Crippen LogP contribution in [0.5, 0.6) is 0 Å². The Morgan fingerprint density at radius 1 is 0.562 bits per heavy atom. The van der Waals surface area contributed by atoms with Crippen molar-refractivity contribution in [1.82, 2.24) is 6.15 Å². The van der Waals surface area contributed by atoms with Gasteiger partial charge in [-0.15, -0.1) is 0 Å². The molecule has 20 nitrogen and oxygen atoms in total. The summed E-state index contributed by atoms with van der Waals surface area (Å²) in [6.07, 6.45) is -3.06. The molecule has 1 fully saturated rings. The second kappa shape index (κ2) is 33.5. The van der Waals surface area contributed by atoms with Crippen molar-refractivity contribution in [1.29, 1.82) is 0 Å². The maximum absolute atomic E-state index is 13.0. The molecule has 0 aromatic carbocycles. The minimum atomic E-state index is -5.63. The number of unbranched alkanes of at least 4 members (excludes halogenated alkanes) is 12. The molecule has 0 saturated heterocycles. The fraction of sp³-hybridized carbons (Fsp3) is 0.610. The highest BCUT2D eigenvalue weighted by Crippen LogP contribution is 2.51. The molecule has 0 heterocycles. The SMILES string of the molecule is CC#CC#CC#CC#CC#CC#CC#CC(=O)OC[C@H](COP(=O)(O)OC1C(O)[C@@H](OP(=O)(O)O)C(OP(=O)(O)O)[C@@H](O)[C@H]1O)OC(=O)CCCCCCCCCCCCCCC.N.[HH].[HH].[HH].[HH].[HH].[HH].[HH].[HH].[HH].[HH].[HH].[HH].[HH]. The van der Waals surface area contributed by atoms with Gasteiger partial charge in [0.05, 0.1) is 6.61 Å². The Morgan fingerprint density at radius 2 is 0.969 bits per heavy atom. The summed E-state index contributed by atoms with van der Waals surface area (Å²) in [5.41, 5.74) is 0. The van der Waals surface area contributed by atoms with E-state index in [-0.39, 0.29) is 31.1 Å². The van der Waals surface area contributed by atoms with E-state index < -0.39 is 91.3 Å². The topological polar surface area (TPSA) is 338 Å². The smallest absolute Gasteiger partial charge is 0.456 e. The highest BCUT2D eigenvalue weighted by molar-refractivity contribution is 7.47. The van der Waals surface area contributed by atoms with Gasteiger partial charge < -0.3 is 55.4 Å². The molecule has 380 valence electrons. The largest absolute Gasteiger partial charge is 0.472 e. The minimum Gasteiger partial charge on any atom is -0.456 e. The van der Waals surface area contributed by atoms with E-state index in [1.165, 1.54) is 44.9 Å². The Balaban J connectivity index is -0.000000236. The third kappa shape index (κ3) is 29.5. The number of rotatable bonds is 26. The maximum Gasteiger partial charge on any atom is 0.472 e. The fourth-order valence-corrected chi connectivity index (χ4v) is 7.62. The van der Waals surface area contributed by atoms with Crippen molar-refractivity contribution < 1.29 is 109 Å². The first kappa shape index (κ1) is 60.0. The number of aliphatic hydroxyl groups is 3. The van der Waals surface area contributed by atoms with Gasteiger partial charge in [-0.3, -0.25) is 22.9 Å². The molecule has 0 amide bonds. The van der Waals surface area contributed by atoms with Crippen LogP contribution in [-0.2, 0) is 50.9 Å². The number of carbonyl (C=O) groups excluding carboxylic acids is 2. The molecule has 4 unspecified atom stereocenters. The number of phosphoric ester groups is 3. The minimum absolute atomic E-state index is 0. The van der Waals surface area contributed by atoms with Crippen molar-refractivity contribution in [3.05, 3.63) is 0 Å². The number of ether oxygens (including phenoxy) is 2. The fourth-order valence-electron chi connectivity index (χ4n) is 5.52. The lowest BCUT2D eigenvalue weighted by atomic mass is 9.85. The van der Waals surface area contributed by atoms with Crippen LogP contribution in [0.25, 0.3) is 0 Å². The van der Waals surface area contributed by atoms with E-state index in [1.54, 1.807) is 6.92 Å². The summed E-state index contributed by atoms with van der Waals surface area (Å²) in [7, 11) is -16.7. The first-order chi connectivity index (χ1) is 29.8. The third-order valence-corrected chi connectivity index (χ3v) is 10.4. The van der Waals surface area contributed by atoms with Crippen LogP contribution in [0, 0.1) is 82.9 Å². The maximum atomic E-state index is 13.0. The van der Waals surface area contributed by atoms with Gasteiger partial charge in [0.15, 0.2) is 6.10 Å². The van der Waals surface area contributed by atoms with Crippen molar-refractivity contribution >= 4 is 35.4 Å². The quantitative estimate of drug-likeness (QED) is 0.0161. The normalized spacial score (nSPS) is 20.0. The van der Waals surface area contributed by atoms with Crippen LogP contribution in [0.4, 0.5) is 0 Å². The van der Waals surface area contributed by atoms with Gasteiger partial charge in [-0.05, 0) is 84.4 Å². The van der Waals surface area contributed by atoms with Crippen LogP contribution in [0.2, 0.25) is 0 Å². The first-order valence-corrected chi connectivity index (χ1v) is 24.3. The molecule has 0 aliphatic heterocycles. The molecule has 0 spiro atoms. The summed E-state index contributed by atoms with van der Waals surface area (Å²) >= 11 is 0. The molecular formula is C41H82NO19P3. The zero-order valence-corrected chi connectivity index (χ0v) is 38.2. The number of hydrogen-bond acceptors (Lipinski definition) is 15. The van der Waals surface area contributed by atoms with Crippen molar-refractivity contribution in [2.45, 2.75) is 146 Å². The molecule has 1 aliphatic rings. The summed E-state index contributed by atoms with van der Waals surface area (Å²) in [6.45, 7) is 1.99. The zero-order chi connectivity index (χ0) is 47.2. The lowest BCUT2D eigenvalue weighted by molar-refractivity contribution is -0.213. The summed E-state index contributed by atoms with van der Waals surface area (Å²) < 4.78 is 64.5. The molecular weight excluding hydrogens is 903 g/mol. The second-order valence-electron chi connectivity index (χ2n) is 13.5. The van der Waals surface area contributed by atoms with Crippen LogP contribution < -0.4 is 6.15 Å². The first-order valence-electron chi connectivity index (χ1n) is 19.8. The van der Waals surface area contributed by atoms with E-state index in [0.29, 0.717) is 12.8 Å². The standard InChI is InChI=1S/C41H53O19P3.H3N.13H2/c1-3-5-7-9-11-13-15-17-19-21-23-25-27-29-34(42)55-31-33(57-35(43)30-28-26-24-22-20-18-16-14-12-10-8-6-4-2)32-56-63(53,54)60-39-36(44)37(45)40(58-61(47,48)49)41(38(39)46)59-62(50,51)52;;;;;;;;;;;;;;/h33,36-41,44-46H,4,6,8,10,12,14,16,18,20,22,24,26,28,30-32H2,1-2H3,(H,53,54)(H2,47,48,49)(H2,50,51,52);1H3;13*1H/t33-,36-,37+,38?,39?,40?,41-;;;;;;;;;;;;;;/m1............../s1. The van der Waals surface area contributed by atoms with E-state index in [9.17, 15) is 63.1 Å². The Labute approximate surface area is 393 Å². The Morgan fingerprint density at radius 3 is 1.42 bits per heavy atom. The Kier molecular flexibility index (Phi) is 31.4. The van der Waals surface area contributed by atoms with Gasteiger partial charge in [-0.25, -0.2) is 18.5 Å². The van der Waals surface area contributed by atoms with Crippen LogP contribution in [0.1, 0.15) is 122 Å². The van der Waals surface area contributed by atoms with Gasteiger partial charge in [-0.1, -0.05) is 89.9 Å². The van der Waals surface area contributed by atoms with Crippen molar-refractivity contribution in [2.75, 3.05) is 13.2 Å². The number of esters is 2. The predicted molar refractivity (Wildman–Crippen MR) is 256 cm³/mol. The van der Waals surface area contributed by atoms with Gasteiger partial charge in [0.25, 0.3) is 0 Å². The predicted octanol–water partition coefficient (Wildman–Crippen LogP) is 5.88. The molecule has 0 radical (unpaired) electrons. The van der Waals surface area contributed by atoms with Gasteiger partial charge in [0.2, 0.25) is 0 Å². The molecule has 64 heavy (non-hydrogen) atoms. The van der Waals surface area contributed by atoms with E-state index in [0.717, 1.165) is 25.7 Å². The number of phosphoric acid groups is 3. The monoisotopic (exact) mass is 985 g/mol. The molecule has 23 heteroatoms. The van der Waals surface area contributed by atoms with E-state index in [1.807, 2.05) is 5.92 Å². The van der Waals surface area contributed by atoms with E-state index in [4.69, 9.17) is 18.5 Å². The highest BCUT2D eigenvalue weighted by Gasteiger charge is 2.56. The molecule has 1 aliphatic carbocycles. The number of hydrogen-bond donors (Lipinski definition) is 9. The zero-order valence-electron chi connectivity index (χ0n) is 35.5.